The SMILES string of the molecule is O=S(=O)(NCCCl)c1ccc(-c2cccnc2N2CCCC2)cc1. The van der Waals surface area contributed by atoms with Gasteiger partial charge in [-0.15, -0.1) is 11.6 Å². The molecule has 2 aromatic rings. The number of alkyl halides is 1. The molecule has 0 saturated carbocycles. The maximum absolute atomic E-state index is 12.1. The third kappa shape index (κ3) is 3.71. The maximum atomic E-state index is 12.1. The van der Waals surface area contributed by atoms with Crippen LogP contribution in [0.25, 0.3) is 11.1 Å². The lowest BCUT2D eigenvalue weighted by molar-refractivity contribution is 0.584. The third-order valence-corrected chi connectivity index (χ3v) is 5.72. The van der Waals surface area contributed by atoms with E-state index in [2.05, 4.69) is 14.6 Å². The van der Waals surface area contributed by atoms with Gasteiger partial charge in [0.2, 0.25) is 10.0 Å². The van der Waals surface area contributed by atoms with Crippen LogP contribution in [0.3, 0.4) is 0 Å². The van der Waals surface area contributed by atoms with E-state index in [0.29, 0.717) is 0 Å². The van der Waals surface area contributed by atoms with Gasteiger partial charge in [0, 0.05) is 37.3 Å². The van der Waals surface area contributed by atoms with E-state index in [1.54, 1.807) is 18.3 Å². The highest BCUT2D eigenvalue weighted by molar-refractivity contribution is 7.89. The summed E-state index contributed by atoms with van der Waals surface area (Å²) in [5, 5.41) is 0. The number of rotatable bonds is 6. The molecule has 1 saturated heterocycles. The molecule has 128 valence electrons. The van der Waals surface area contributed by atoms with Crippen LogP contribution in [-0.4, -0.2) is 38.9 Å². The van der Waals surface area contributed by atoms with E-state index in [4.69, 9.17) is 11.6 Å². The standard InChI is InChI=1S/C17H20ClN3O2S/c18-9-11-20-24(22,23)15-7-5-14(6-8-15)16-4-3-10-19-17(16)21-12-1-2-13-21/h3-8,10,20H,1-2,9,11-13H2. The lowest BCUT2D eigenvalue weighted by Crippen LogP contribution is -2.25. The second-order valence-electron chi connectivity index (χ2n) is 5.68. The molecule has 2 heterocycles. The van der Waals surface area contributed by atoms with Crippen LogP contribution in [0.1, 0.15) is 12.8 Å². The van der Waals surface area contributed by atoms with Gasteiger partial charge in [0.05, 0.1) is 4.90 Å². The summed E-state index contributed by atoms with van der Waals surface area (Å²) < 4.78 is 26.7. The summed E-state index contributed by atoms with van der Waals surface area (Å²) in [6.45, 7) is 2.24. The molecule has 0 aliphatic carbocycles. The molecule has 0 atom stereocenters. The van der Waals surface area contributed by atoms with E-state index in [1.807, 2.05) is 24.3 Å². The van der Waals surface area contributed by atoms with Gasteiger partial charge in [-0.25, -0.2) is 18.1 Å². The van der Waals surface area contributed by atoms with Crippen molar-refractivity contribution in [2.24, 2.45) is 0 Å². The maximum Gasteiger partial charge on any atom is 0.240 e. The van der Waals surface area contributed by atoms with Crippen molar-refractivity contribution < 1.29 is 8.42 Å². The van der Waals surface area contributed by atoms with Gasteiger partial charge in [0.15, 0.2) is 0 Å². The minimum Gasteiger partial charge on any atom is -0.356 e. The minimum absolute atomic E-state index is 0.216. The molecular weight excluding hydrogens is 346 g/mol. The van der Waals surface area contributed by atoms with Gasteiger partial charge < -0.3 is 4.90 Å². The number of pyridine rings is 1. The number of hydrogen-bond acceptors (Lipinski definition) is 4. The predicted molar refractivity (Wildman–Crippen MR) is 97.0 cm³/mol. The highest BCUT2D eigenvalue weighted by Gasteiger charge is 2.18. The van der Waals surface area contributed by atoms with Crippen molar-refractivity contribution >= 4 is 27.4 Å². The molecule has 0 spiro atoms. The van der Waals surface area contributed by atoms with E-state index in [-0.39, 0.29) is 17.3 Å². The number of halogens is 1. The smallest absolute Gasteiger partial charge is 0.240 e. The van der Waals surface area contributed by atoms with Gasteiger partial charge >= 0.3 is 0 Å². The Morgan fingerprint density at radius 3 is 2.50 bits per heavy atom. The Bertz CT molecular complexity index is 788. The zero-order valence-corrected chi connectivity index (χ0v) is 14.9. The molecule has 1 aliphatic rings. The zero-order valence-electron chi connectivity index (χ0n) is 13.3. The van der Waals surface area contributed by atoms with E-state index < -0.39 is 10.0 Å². The van der Waals surface area contributed by atoms with E-state index in [0.717, 1.165) is 30.0 Å². The van der Waals surface area contributed by atoms with Crippen molar-refractivity contribution in [2.75, 3.05) is 30.4 Å². The van der Waals surface area contributed by atoms with Gasteiger partial charge in [-0.05, 0) is 42.7 Å². The van der Waals surface area contributed by atoms with Crippen molar-refractivity contribution in [1.82, 2.24) is 9.71 Å². The lowest BCUT2D eigenvalue weighted by Gasteiger charge is -2.20. The molecule has 1 aromatic carbocycles. The monoisotopic (exact) mass is 365 g/mol. The Hall–Kier alpha value is -1.63. The Kier molecular flexibility index (Phi) is 5.38. The van der Waals surface area contributed by atoms with Gasteiger partial charge in [-0.1, -0.05) is 12.1 Å². The first kappa shape index (κ1) is 17.2. The summed E-state index contributed by atoms with van der Waals surface area (Å²) in [5.74, 6) is 1.21. The summed E-state index contributed by atoms with van der Waals surface area (Å²) in [7, 11) is -3.51. The molecule has 0 unspecified atom stereocenters. The fourth-order valence-corrected chi connectivity index (χ4v) is 4.11. The first-order valence-corrected chi connectivity index (χ1v) is 9.99. The van der Waals surface area contributed by atoms with Crippen molar-refractivity contribution in [3.05, 3.63) is 42.6 Å². The molecule has 1 aliphatic heterocycles. The average Bonchev–Trinajstić information content (AvgIpc) is 3.15. The summed E-state index contributed by atoms with van der Waals surface area (Å²) in [6.07, 6.45) is 4.16. The fraction of sp³-hybridized carbons (Fsp3) is 0.353. The quantitative estimate of drug-likeness (QED) is 0.799. The Morgan fingerprint density at radius 1 is 1.12 bits per heavy atom. The largest absolute Gasteiger partial charge is 0.356 e. The summed E-state index contributed by atoms with van der Waals surface area (Å²) in [6, 6.07) is 10.8. The second-order valence-corrected chi connectivity index (χ2v) is 7.82. The highest BCUT2D eigenvalue weighted by atomic mass is 35.5. The topological polar surface area (TPSA) is 62.3 Å². The molecular formula is C17H20ClN3O2S. The fourth-order valence-electron chi connectivity index (χ4n) is 2.87. The number of benzene rings is 1. The van der Waals surface area contributed by atoms with Crippen LogP contribution in [0.15, 0.2) is 47.5 Å². The van der Waals surface area contributed by atoms with Crippen LogP contribution in [0.2, 0.25) is 0 Å². The summed E-state index contributed by atoms with van der Waals surface area (Å²) in [4.78, 5) is 7.05. The van der Waals surface area contributed by atoms with Gasteiger partial charge in [0.25, 0.3) is 0 Å². The van der Waals surface area contributed by atoms with Gasteiger partial charge in [-0.3, -0.25) is 0 Å². The summed E-state index contributed by atoms with van der Waals surface area (Å²) in [5.41, 5.74) is 1.98. The van der Waals surface area contributed by atoms with Crippen LogP contribution in [0.5, 0.6) is 0 Å². The van der Waals surface area contributed by atoms with E-state index in [1.165, 1.54) is 12.8 Å². The molecule has 0 radical (unpaired) electrons. The first-order valence-electron chi connectivity index (χ1n) is 7.98. The molecule has 0 amide bonds. The molecule has 24 heavy (non-hydrogen) atoms. The van der Waals surface area contributed by atoms with Crippen LogP contribution >= 0.6 is 11.6 Å². The second kappa shape index (κ2) is 7.51. The van der Waals surface area contributed by atoms with Crippen molar-refractivity contribution in [3.8, 4) is 11.1 Å². The third-order valence-electron chi connectivity index (χ3n) is 4.05. The molecule has 1 aromatic heterocycles. The summed E-state index contributed by atoms with van der Waals surface area (Å²) >= 11 is 5.54. The lowest BCUT2D eigenvalue weighted by atomic mass is 10.1. The Morgan fingerprint density at radius 2 is 1.83 bits per heavy atom. The minimum atomic E-state index is -3.51. The number of sulfonamides is 1. The van der Waals surface area contributed by atoms with Crippen molar-refractivity contribution in [1.29, 1.82) is 0 Å². The predicted octanol–water partition coefficient (Wildman–Crippen LogP) is 2.87. The van der Waals surface area contributed by atoms with E-state index in [9.17, 15) is 8.42 Å². The molecule has 3 rings (SSSR count). The highest BCUT2D eigenvalue weighted by Crippen LogP contribution is 2.31. The Labute approximate surface area is 147 Å². The average molecular weight is 366 g/mol. The van der Waals surface area contributed by atoms with Crippen molar-refractivity contribution in [3.63, 3.8) is 0 Å². The van der Waals surface area contributed by atoms with Gasteiger partial charge in [-0.2, -0.15) is 0 Å². The number of anilines is 1. The molecule has 1 N–H and O–H groups in total. The van der Waals surface area contributed by atoms with Gasteiger partial charge in [0.1, 0.15) is 5.82 Å². The normalized spacial score (nSPS) is 15.0. The van der Waals surface area contributed by atoms with Crippen LogP contribution in [0.4, 0.5) is 5.82 Å². The number of nitrogens with one attached hydrogen (secondary N) is 1. The Balaban J connectivity index is 1.89. The number of hydrogen-bond donors (Lipinski definition) is 1. The van der Waals surface area contributed by atoms with Crippen molar-refractivity contribution in [2.45, 2.75) is 17.7 Å². The van der Waals surface area contributed by atoms with Crippen LogP contribution in [-0.2, 0) is 10.0 Å². The molecule has 5 nitrogen and oxygen atoms in total. The number of nitrogens with zero attached hydrogens (tertiary/aromatic N) is 2. The number of aromatic nitrogens is 1. The molecule has 1 fully saturated rings. The van der Waals surface area contributed by atoms with Crippen LogP contribution < -0.4 is 9.62 Å². The first-order chi connectivity index (χ1) is 11.6. The molecule has 0 bridgehead atoms. The molecule has 7 heteroatoms. The van der Waals surface area contributed by atoms with E-state index >= 15 is 0 Å². The zero-order chi connectivity index (χ0) is 17.0. The van der Waals surface area contributed by atoms with Crippen LogP contribution in [0, 0.1) is 0 Å².